The van der Waals surface area contributed by atoms with Crippen LogP contribution in [0.2, 0.25) is 0 Å². The Morgan fingerprint density at radius 1 is 0.955 bits per heavy atom. The summed E-state index contributed by atoms with van der Waals surface area (Å²) >= 11 is 0. The van der Waals surface area contributed by atoms with Gasteiger partial charge in [-0.15, -0.1) is 0 Å². The number of nitriles is 2. The van der Waals surface area contributed by atoms with Gasteiger partial charge in [-0.05, 0) is 30.0 Å². The first-order valence-electron chi connectivity index (χ1n) is 7.24. The highest BCUT2D eigenvalue weighted by molar-refractivity contribution is 5.55. The van der Waals surface area contributed by atoms with E-state index >= 15 is 0 Å². The molecule has 0 aliphatic heterocycles. The largest absolute Gasteiger partial charge is 0.456 e. The van der Waals surface area contributed by atoms with E-state index in [1.165, 1.54) is 0 Å². The van der Waals surface area contributed by atoms with Gasteiger partial charge in [-0.1, -0.05) is 45.0 Å². The second kappa shape index (κ2) is 6.33. The zero-order valence-corrected chi connectivity index (χ0v) is 13.1. The second-order valence-electron chi connectivity index (χ2n) is 5.74. The fraction of sp³-hybridized carbons (Fsp3) is 0.263. The van der Waals surface area contributed by atoms with E-state index in [1.807, 2.05) is 30.3 Å². The summed E-state index contributed by atoms with van der Waals surface area (Å²) in [5.41, 5.74) is 1.65. The number of hydrogen-bond acceptors (Lipinski definition) is 3. The Hall–Kier alpha value is -2.78. The van der Waals surface area contributed by atoms with Crippen molar-refractivity contribution in [1.82, 2.24) is 0 Å². The van der Waals surface area contributed by atoms with E-state index in [4.69, 9.17) is 10.00 Å². The van der Waals surface area contributed by atoms with Crippen LogP contribution in [0.15, 0.2) is 42.5 Å². The molecule has 3 nitrogen and oxygen atoms in total. The fourth-order valence-electron chi connectivity index (χ4n) is 2.25. The summed E-state index contributed by atoms with van der Waals surface area (Å²) in [5.74, 6) is 1.14. The van der Waals surface area contributed by atoms with Crippen LogP contribution < -0.4 is 4.74 Å². The molecule has 0 aliphatic carbocycles. The minimum Gasteiger partial charge on any atom is -0.456 e. The Morgan fingerprint density at radius 2 is 1.64 bits per heavy atom. The van der Waals surface area contributed by atoms with Crippen molar-refractivity contribution < 1.29 is 4.74 Å². The zero-order valence-electron chi connectivity index (χ0n) is 13.1. The molecule has 0 saturated carbocycles. The van der Waals surface area contributed by atoms with Crippen molar-refractivity contribution in [2.45, 2.75) is 32.6 Å². The summed E-state index contributed by atoms with van der Waals surface area (Å²) in [6, 6.07) is 17.0. The third kappa shape index (κ3) is 2.95. The van der Waals surface area contributed by atoms with Gasteiger partial charge >= 0.3 is 0 Å². The van der Waals surface area contributed by atoms with Crippen LogP contribution in [-0.2, 0) is 5.41 Å². The molecule has 0 atom stereocenters. The number of nitrogens with zero attached hydrogens (tertiary/aromatic N) is 2. The monoisotopic (exact) mass is 290 g/mol. The molecular formula is C19H18N2O. The topological polar surface area (TPSA) is 56.8 Å². The van der Waals surface area contributed by atoms with Gasteiger partial charge in [0.2, 0.25) is 0 Å². The van der Waals surface area contributed by atoms with Crippen LogP contribution in [-0.4, -0.2) is 0 Å². The molecule has 0 radical (unpaired) electrons. The van der Waals surface area contributed by atoms with Crippen molar-refractivity contribution in [2.75, 3.05) is 0 Å². The predicted octanol–water partition coefficient (Wildman–Crippen LogP) is 4.91. The van der Waals surface area contributed by atoms with Gasteiger partial charge in [0.1, 0.15) is 29.2 Å². The molecule has 0 saturated heterocycles. The Balaban J connectivity index is 2.51. The number of benzene rings is 2. The Morgan fingerprint density at radius 3 is 2.27 bits per heavy atom. The first-order valence-corrected chi connectivity index (χ1v) is 7.24. The Bertz CT molecular complexity index is 764. The van der Waals surface area contributed by atoms with Crippen LogP contribution in [0.25, 0.3) is 0 Å². The molecule has 22 heavy (non-hydrogen) atoms. The summed E-state index contributed by atoms with van der Waals surface area (Å²) in [6.45, 7) is 6.45. The van der Waals surface area contributed by atoms with Gasteiger partial charge in [-0.3, -0.25) is 0 Å². The molecular weight excluding hydrogens is 272 g/mol. The molecule has 0 amide bonds. The third-order valence-corrected chi connectivity index (χ3v) is 3.98. The maximum Gasteiger partial charge on any atom is 0.146 e. The lowest BCUT2D eigenvalue weighted by Crippen LogP contribution is -2.16. The van der Waals surface area contributed by atoms with Crippen molar-refractivity contribution >= 4 is 0 Å². The van der Waals surface area contributed by atoms with Crippen LogP contribution in [0.4, 0.5) is 0 Å². The molecule has 3 heteroatoms. The van der Waals surface area contributed by atoms with Crippen molar-refractivity contribution in [3.05, 3.63) is 59.2 Å². The molecule has 110 valence electrons. The molecule has 2 rings (SSSR count). The molecule has 0 aliphatic rings. The highest BCUT2D eigenvalue weighted by atomic mass is 16.5. The van der Waals surface area contributed by atoms with Crippen LogP contribution in [0, 0.1) is 22.7 Å². The van der Waals surface area contributed by atoms with Crippen molar-refractivity contribution in [3.8, 4) is 23.6 Å². The average molecular weight is 290 g/mol. The molecule has 0 fully saturated rings. The third-order valence-electron chi connectivity index (χ3n) is 3.98. The van der Waals surface area contributed by atoms with Crippen molar-refractivity contribution in [3.63, 3.8) is 0 Å². The van der Waals surface area contributed by atoms with E-state index in [0.29, 0.717) is 11.3 Å². The maximum atomic E-state index is 9.30. The first kappa shape index (κ1) is 15.6. The molecule has 0 heterocycles. The minimum atomic E-state index is -0.0315. The number of hydrogen-bond donors (Lipinski definition) is 0. The second-order valence-corrected chi connectivity index (χ2v) is 5.74. The quantitative estimate of drug-likeness (QED) is 0.803. The normalized spacial score (nSPS) is 10.6. The van der Waals surface area contributed by atoms with E-state index in [1.54, 1.807) is 18.2 Å². The smallest absolute Gasteiger partial charge is 0.146 e. The zero-order chi connectivity index (χ0) is 16.2. The lowest BCUT2D eigenvalue weighted by atomic mass is 9.82. The highest BCUT2D eigenvalue weighted by Crippen LogP contribution is 2.37. The fourth-order valence-corrected chi connectivity index (χ4v) is 2.25. The predicted molar refractivity (Wildman–Crippen MR) is 85.7 cm³/mol. The summed E-state index contributed by atoms with van der Waals surface area (Å²) < 4.78 is 5.99. The van der Waals surface area contributed by atoms with E-state index in [9.17, 15) is 5.26 Å². The molecule has 0 aromatic heterocycles. The van der Waals surface area contributed by atoms with Gasteiger partial charge in [0.05, 0.1) is 5.56 Å². The average Bonchev–Trinajstić information content (AvgIpc) is 2.55. The molecule has 0 unspecified atom stereocenters. The van der Waals surface area contributed by atoms with E-state index in [2.05, 4.69) is 26.8 Å². The maximum absolute atomic E-state index is 9.30. The highest BCUT2D eigenvalue weighted by Gasteiger charge is 2.23. The summed E-state index contributed by atoms with van der Waals surface area (Å²) in [6.07, 6.45) is 0.969. The lowest BCUT2D eigenvalue weighted by Gasteiger charge is -2.26. The van der Waals surface area contributed by atoms with Crippen molar-refractivity contribution in [2.24, 2.45) is 0 Å². The van der Waals surface area contributed by atoms with Gasteiger partial charge < -0.3 is 4.74 Å². The summed E-state index contributed by atoms with van der Waals surface area (Å²) in [5, 5.41) is 18.4. The molecule has 2 aromatic carbocycles. The van der Waals surface area contributed by atoms with E-state index in [-0.39, 0.29) is 11.0 Å². The molecule has 2 aromatic rings. The van der Waals surface area contributed by atoms with Crippen LogP contribution >= 0.6 is 0 Å². The van der Waals surface area contributed by atoms with Gasteiger partial charge in [0, 0.05) is 5.56 Å². The van der Waals surface area contributed by atoms with Gasteiger partial charge in [-0.25, -0.2) is 0 Å². The van der Waals surface area contributed by atoms with E-state index < -0.39 is 0 Å². The van der Waals surface area contributed by atoms with Gasteiger partial charge in [0.25, 0.3) is 0 Å². The SMILES string of the molecule is CCC(C)(C)c1ccccc1Oc1cccc(C#N)c1C#N. The Labute approximate surface area is 131 Å². The first-order chi connectivity index (χ1) is 10.5. The molecule has 0 bridgehead atoms. The van der Waals surface area contributed by atoms with Crippen LogP contribution in [0.5, 0.6) is 11.5 Å². The number of ether oxygens (including phenoxy) is 1. The van der Waals surface area contributed by atoms with Crippen LogP contribution in [0.3, 0.4) is 0 Å². The summed E-state index contributed by atoms with van der Waals surface area (Å²) in [4.78, 5) is 0. The number of para-hydroxylation sites is 1. The van der Waals surface area contributed by atoms with E-state index in [0.717, 1.165) is 17.7 Å². The summed E-state index contributed by atoms with van der Waals surface area (Å²) in [7, 11) is 0. The van der Waals surface area contributed by atoms with Gasteiger partial charge in [0.15, 0.2) is 0 Å². The van der Waals surface area contributed by atoms with Crippen LogP contribution in [0.1, 0.15) is 43.9 Å². The standard InChI is InChI=1S/C19H18N2O/c1-4-19(2,3)16-9-5-6-10-18(16)22-17-11-7-8-14(12-20)15(17)13-21/h5-11H,4H2,1-3H3. The molecule has 0 N–H and O–H groups in total. The molecule has 0 spiro atoms. The minimum absolute atomic E-state index is 0.0315. The Kier molecular flexibility index (Phi) is 4.49. The van der Waals surface area contributed by atoms with Crippen molar-refractivity contribution in [1.29, 1.82) is 10.5 Å². The van der Waals surface area contributed by atoms with Gasteiger partial charge in [-0.2, -0.15) is 10.5 Å². The lowest BCUT2D eigenvalue weighted by molar-refractivity contribution is 0.435. The number of rotatable bonds is 4.